The molecule has 0 aliphatic rings. The lowest BCUT2D eigenvalue weighted by atomic mass is 9.96. The fraction of sp³-hybridized carbons (Fsp3) is 0.435. The number of nitrogens with zero attached hydrogens (tertiary/aromatic N) is 2. The lowest BCUT2D eigenvalue weighted by molar-refractivity contribution is -0.384. The summed E-state index contributed by atoms with van der Waals surface area (Å²) in [5.74, 6) is -0.181. The molecule has 0 aliphatic carbocycles. The number of non-ortho nitro benzene ring substituents is 1. The van der Waals surface area contributed by atoms with Crippen molar-refractivity contribution < 1.29 is 18.1 Å². The number of nitro groups is 1. The van der Waals surface area contributed by atoms with E-state index in [0.29, 0.717) is 5.56 Å². The van der Waals surface area contributed by atoms with Crippen LogP contribution in [0.4, 0.5) is 11.4 Å². The van der Waals surface area contributed by atoms with Gasteiger partial charge in [-0.05, 0) is 68.9 Å². The van der Waals surface area contributed by atoms with Crippen LogP contribution in [0.15, 0.2) is 30.3 Å². The zero-order valence-electron chi connectivity index (χ0n) is 19.4. The van der Waals surface area contributed by atoms with Crippen LogP contribution in [0.1, 0.15) is 53.6 Å². The fourth-order valence-electron chi connectivity index (χ4n) is 3.67. The molecule has 2 aromatic rings. The minimum absolute atomic E-state index is 0.0469. The third-order valence-corrected chi connectivity index (χ3v) is 6.74. The first-order valence-corrected chi connectivity index (χ1v) is 12.3. The van der Waals surface area contributed by atoms with Gasteiger partial charge >= 0.3 is 0 Å². The van der Waals surface area contributed by atoms with Gasteiger partial charge in [-0.15, -0.1) is 0 Å². The molecule has 0 radical (unpaired) electrons. The molecule has 1 atom stereocenters. The number of hydrogen-bond donors (Lipinski definition) is 1. The average Bonchev–Trinajstić information content (AvgIpc) is 2.67. The van der Waals surface area contributed by atoms with Gasteiger partial charge in [-0.1, -0.05) is 18.2 Å². The highest BCUT2D eigenvalue weighted by Crippen LogP contribution is 2.28. The molecular formula is C23H31N3O5S. The van der Waals surface area contributed by atoms with Gasteiger partial charge in [0.05, 0.1) is 22.9 Å². The Morgan fingerprint density at radius 2 is 1.69 bits per heavy atom. The molecule has 0 saturated heterocycles. The van der Waals surface area contributed by atoms with E-state index in [2.05, 4.69) is 17.4 Å². The van der Waals surface area contributed by atoms with E-state index in [-0.39, 0.29) is 42.7 Å². The minimum Gasteiger partial charge on any atom is -0.350 e. The predicted molar refractivity (Wildman–Crippen MR) is 126 cm³/mol. The summed E-state index contributed by atoms with van der Waals surface area (Å²) in [7, 11) is -3.68. The normalized spacial score (nSPS) is 12.3. The molecule has 32 heavy (non-hydrogen) atoms. The zero-order chi connectivity index (χ0) is 24.2. The van der Waals surface area contributed by atoms with E-state index in [9.17, 15) is 23.3 Å². The molecule has 0 unspecified atom stereocenters. The topological polar surface area (TPSA) is 110 Å². The summed E-state index contributed by atoms with van der Waals surface area (Å²) < 4.78 is 25.8. The molecule has 0 aliphatic heterocycles. The summed E-state index contributed by atoms with van der Waals surface area (Å²) in [6.07, 6.45) is 1.46. The number of carbonyl (C=O) groups excluding carboxylic acids is 1. The molecule has 0 saturated carbocycles. The highest BCUT2D eigenvalue weighted by atomic mass is 32.2. The molecule has 1 N–H and O–H groups in total. The van der Waals surface area contributed by atoms with Gasteiger partial charge in [0, 0.05) is 25.1 Å². The number of amides is 1. The number of hydrogen-bond acceptors (Lipinski definition) is 5. The smallest absolute Gasteiger partial charge is 0.271 e. The first kappa shape index (κ1) is 25.3. The average molecular weight is 462 g/mol. The summed E-state index contributed by atoms with van der Waals surface area (Å²) >= 11 is 0. The summed E-state index contributed by atoms with van der Waals surface area (Å²) in [5.41, 5.74) is 5.17. The minimum atomic E-state index is -3.68. The van der Waals surface area contributed by atoms with E-state index in [1.165, 1.54) is 23.8 Å². The molecule has 1 amide bonds. The van der Waals surface area contributed by atoms with E-state index < -0.39 is 14.9 Å². The highest BCUT2D eigenvalue weighted by Gasteiger charge is 2.22. The van der Waals surface area contributed by atoms with Gasteiger partial charge in [-0.25, -0.2) is 8.42 Å². The van der Waals surface area contributed by atoms with Crippen molar-refractivity contribution in [3.63, 3.8) is 0 Å². The van der Waals surface area contributed by atoms with Gasteiger partial charge in [0.1, 0.15) is 0 Å². The molecule has 0 fully saturated rings. The summed E-state index contributed by atoms with van der Waals surface area (Å²) in [6, 6.07) is 8.10. The van der Waals surface area contributed by atoms with Gasteiger partial charge in [0.2, 0.25) is 15.9 Å². The fourth-order valence-corrected chi connectivity index (χ4v) is 4.68. The van der Waals surface area contributed by atoms with Crippen molar-refractivity contribution in [1.29, 1.82) is 0 Å². The Morgan fingerprint density at radius 3 is 2.28 bits per heavy atom. The first-order chi connectivity index (χ1) is 14.8. The number of benzene rings is 2. The molecular weight excluding hydrogens is 430 g/mol. The number of nitro benzene ring substituents is 1. The van der Waals surface area contributed by atoms with Crippen LogP contribution in [0.2, 0.25) is 0 Å². The molecule has 2 rings (SSSR count). The van der Waals surface area contributed by atoms with Crippen molar-refractivity contribution in [3.05, 3.63) is 68.3 Å². The van der Waals surface area contributed by atoms with Crippen molar-refractivity contribution in [2.24, 2.45) is 0 Å². The van der Waals surface area contributed by atoms with Crippen molar-refractivity contribution >= 4 is 27.3 Å². The quantitative estimate of drug-likeness (QED) is 0.443. The third kappa shape index (κ3) is 6.29. The second-order valence-electron chi connectivity index (χ2n) is 8.25. The molecule has 8 nitrogen and oxygen atoms in total. The number of carbonyl (C=O) groups is 1. The Hall–Kier alpha value is -2.94. The van der Waals surface area contributed by atoms with Crippen molar-refractivity contribution in [1.82, 2.24) is 5.32 Å². The Morgan fingerprint density at radius 1 is 1.06 bits per heavy atom. The highest BCUT2D eigenvalue weighted by molar-refractivity contribution is 7.92. The van der Waals surface area contributed by atoms with Crippen LogP contribution in [0, 0.1) is 37.8 Å². The maximum atomic E-state index is 12.5. The Labute approximate surface area is 189 Å². The van der Waals surface area contributed by atoms with Crippen LogP contribution in [-0.2, 0) is 14.8 Å². The second kappa shape index (κ2) is 10.1. The van der Waals surface area contributed by atoms with E-state index in [1.54, 1.807) is 6.92 Å². The molecule has 0 bridgehead atoms. The largest absolute Gasteiger partial charge is 0.350 e. The Kier molecular flexibility index (Phi) is 8.01. The Bertz CT molecular complexity index is 1130. The summed E-state index contributed by atoms with van der Waals surface area (Å²) in [4.78, 5) is 23.0. The van der Waals surface area contributed by atoms with Crippen LogP contribution >= 0.6 is 0 Å². The van der Waals surface area contributed by atoms with Gasteiger partial charge in [-0.2, -0.15) is 0 Å². The number of rotatable bonds is 9. The van der Waals surface area contributed by atoms with Gasteiger partial charge in [0.15, 0.2) is 0 Å². The van der Waals surface area contributed by atoms with Crippen molar-refractivity contribution in [2.75, 3.05) is 17.1 Å². The molecule has 9 heteroatoms. The summed E-state index contributed by atoms with van der Waals surface area (Å²) in [6.45, 7) is 9.75. The standard InChI is InChI=1S/C23H31N3O5S/c1-15-9-10-20(26(28)29)14-22(15)25(32(6,30)31)11-7-8-23(27)24-19(5)21-13-17(3)16(2)12-18(21)4/h9-10,12-14,19H,7-8,11H2,1-6H3,(H,24,27)/t19-/m1/s1. The monoisotopic (exact) mass is 461 g/mol. The molecule has 2 aromatic carbocycles. The number of nitrogens with one attached hydrogen (secondary N) is 1. The third-order valence-electron chi connectivity index (χ3n) is 5.56. The molecule has 174 valence electrons. The summed E-state index contributed by atoms with van der Waals surface area (Å²) in [5, 5.41) is 14.1. The molecule has 0 spiro atoms. The van der Waals surface area contributed by atoms with E-state index in [0.717, 1.165) is 27.3 Å². The van der Waals surface area contributed by atoms with Crippen LogP contribution in [0.3, 0.4) is 0 Å². The van der Waals surface area contributed by atoms with Gasteiger partial charge < -0.3 is 5.32 Å². The van der Waals surface area contributed by atoms with Crippen molar-refractivity contribution in [3.8, 4) is 0 Å². The zero-order valence-corrected chi connectivity index (χ0v) is 20.2. The second-order valence-corrected chi connectivity index (χ2v) is 10.2. The van der Waals surface area contributed by atoms with Crippen LogP contribution in [-0.4, -0.2) is 32.0 Å². The number of sulfonamides is 1. The van der Waals surface area contributed by atoms with Gasteiger partial charge in [-0.3, -0.25) is 19.2 Å². The lowest BCUT2D eigenvalue weighted by Gasteiger charge is -2.24. The maximum absolute atomic E-state index is 12.5. The molecule has 0 aromatic heterocycles. The van der Waals surface area contributed by atoms with E-state index >= 15 is 0 Å². The van der Waals surface area contributed by atoms with Crippen LogP contribution in [0.5, 0.6) is 0 Å². The number of aryl methyl sites for hydroxylation is 4. The maximum Gasteiger partial charge on any atom is 0.271 e. The first-order valence-electron chi connectivity index (χ1n) is 10.4. The molecule has 0 heterocycles. The van der Waals surface area contributed by atoms with Crippen LogP contribution < -0.4 is 9.62 Å². The van der Waals surface area contributed by atoms with E-state index in [4.69, 9.17) is 0 Å². The Balaban J connectivity index is 2.08. The van der Waals surface area contributed by atoms with Gasteiger partial charge in [0.25, 0.3) is 5.69 Å². The SMILES string of the molecule is Cc1cc(C)c([C@@H](C)NC(=O)CCCN(c2cc([N+](=O)[O-])ccc2C)S(C)(=O)=O)cc1C. The predicted octanol–water partition coefficient (Wildman–Crippen LogP) is 4.25. The number of anilines is 1. The van der Waals surface area contributed by atoms with E-state index in [1.807, 2.05) is 27.7 Å². The lowest BCUT2D eigenvalue weighted by Crippen LogP contribution is -2.33. The van der Waals surface area contributed by atoms with Crippen molar-refractivity contribution in [2.45, 2.75) is 53.5 Å². The van der Waals surface area contributed by atoms with Crippen LogP contribution in [0.25, 0.3) is 0 Å².